The zero-order valence-corrected chi connectivity index (χ0v) is 11.9. The minimum atomic E-state index is -0.189. The van der Waals surface area contributed by atoms with E-state index in [2.05, 4.69) is 47.1 Å². The molecule has 0 saturated carbocycles. The maximum absolute atomic E-state index is 12.9. The number of hydrogen-bond donors (Lipinski definition) is 0. The molecule has 0 aliphatic rings. The summed E-state index contributed by atoms with van der Waals surface area (Å²) in [5.74, 6) is 0.211. The molecule has 2 atom stereocenters. The molecular weight excluding hydrogens is 291 g/mol. The predicted octanol–water partition coefficient (Wildman–Crippen LogP) is 5.46. The van der Waals surface area contributed by atoms with Crippen LogP contribution in [-0.4, -0.2) is 0 Å². The van der Waals surface area contributed by atoms with Crippen molar-refractivity contribution in [3.05, 3.63) is 71.5 Å². The molecular formula is C16H16BrF. The molecule has 0 amide bonds. The van der Waals surface area contributed by atoms with Gasteiger partial charge in [0.2, 0.25) is 0 Å². The first kappa shape index (κ1) is 13.3. The van der Waals surface area contributed by atoms with Gasteiger partial charge in [0.1, 0.15) is 5.82 Å². The average Bonchev–Trinajstić information content (AvgIpc) is 2.41. The van der Waals surface area contributed by atoms with Crippen LogP contribution < -0.4 is 0 Å². The number of halogens is 2. The highest BCUT2D eigenvalue weighted by Gasteiger charge is 2.20. The van der Waals surface area contributed by atoms with Gasteiger partial charge in [-0.2, -0.15) is 0 Å². The Morgan fingerprint density at radius 3 is 2.11 bits per heavy atom. The molecule has 2 heteroatoms. The van der Waals surface area contributed by atoms with Gasteiger partial charge in [-0.1, -0.05) is 65.3 Å². The van der Waals surface area contributed by atoms with Crippen molar-refractivity contribution in [2.24, 2.45) is 0 Å². The summed E-state index contributed by atoms with van der Waals surface area (Å²) >= 11 is 3.75. The van der Waals surface area contributed by atoms with Crippen LogP contribution in [0.15, 0.2) is 54.6 Å². The van der Waals surface area contributed by atoms with E-state index in [1.54, 1.807) is 0 Å². The second-order valence-corrected chi connectivity index (χ2v) is 5.37. The van der Waals surface area contributed by atoms with E-state index in [0.29, 0.717) is 5.92 Å². The van der Waals surface area contributed by atoms with Gasteiger partial charge in [-0.25, -0.2) is 4.39 Å². The lowest BCUT2D eigenvalue weighted by Gasteiger charge is -2.22. The molecule has 0 heterocycles. The van der Waals surface area contributed by atoms with Crippen molar-refractivity contribution in [2.45, 2.75) is 24.1 Å². The molecule has 0 fully saturated rings. The first-order valence-electron chi connectivity index (χ1n) is 6.17. The summed E-state index contributed by atoms with van der Waals surface area (Å²) in [4.78, 5) is 0.213. The molecule has 2 aromatic rings. The zero-order chi connectivity index (χ0) is 13.0. The van der Waals surface area contributed by atoms with Crippen LogP contribution >= 0.6 is 15.9 Å². The predicted molar refractivity (Wildman–Crippen MR) is 77.5 cm³/mol. The molecule has 2 unspecified atom stereocenters. The summed E-state index contributed by atoms with van der Waals surface area (Å²) in [7, 11) is 0. The Balaban J connectivity index is 2.25. The van der Waals surface area contributed by atoms with E-state index in [-0.39, 0.29) is 10.6 Å². The maximum atomic E-state index is 12.9. The highest BCUT2D eigenvalue weighted by Crippen LogP contribution is 2.39. The fraction of sp³-hybridized carbons (Fsp3) is 0.250. The van der Waals surface area contributed by atoms with Crippen LogP contribution in [0.25, 0.3) is 0 Å². The number of hydrogen-bond acceptors (Lipinski definition) is 0. The van der Waals surface area contributed by atoms with Gasteiger partial charge in [-0.3, -0.25) is 0 Å². The van der Waals surface area contributed by atoms with Crippen molar-refractivity contribution >= 4 is 15.9 Å². The Morgan fingerprint density at radius 2 is 1.56 bits per heavy atom. The van der Waals surface area contributed by atoms with Gasteiger partial charge < -0.3 is 0 Å². The third kappa shape index (κ3) is 2.99. The van der Waals surface area contributed by atoms with Gasteiger partial charge in [0.15, 0.2) is 0 Å². The quantitative estimate of drug-likeness (QED) is 0.658. The third-order valence-electron chi connectivity index (χ3n) is 3.21. The maximum Gasteiger partial charge on any atom is 0.123 e. The highest BCUT2D eigenvalue weighted by molar-refractivity contribution is 9.09. The SMILES string of the molecule is CCC(c1ccccc1)C(Br)c1ccc(F)cc1. The minimum absolute atomic E-state index is 0.189. The Kier molecular flexibility index (Phi) is 4.54. The Hall–Kier alpha value is -1.15. The van der Waals surface area contributed by atoms with Gasteiger partial charge in [0.25, 0.3) is 0 Å². The second kappa shape index (κ2) is 6.14. The summed E-state index contributed by atoms with van der Waals surface area (Å²) in [6.07, 6.45) is 1.04. The zero-order valence-electron chi connectivity index (χ0n) is 10.3. The number of alkyl halides is 1. The fourth-order valence-electron chi connectivity index (χ4n) is 2.19. The summed E-state index contributed by atoms with van der Waals surface area (Å²) in [6, 6.07) is 17.2. The number of benzene rings is 2. The van der Waals surface area contributed by atoms with E-state index in [1.807, 2.05) is 18.2 Å². The minimum Gasteiger partial charge on any atom is -0.207 e. The van der Waals surface area contributed by atoms with Crippen molar-refractivity contribution in [1.29, 1.82) is 0 Å². The van der Waals surface area contributed by atoms with E-state index >= 15 is 0 Å². The monoisotopic (exact) mass is 306 g/mol. The molecule has 2 aromatic carbocycles. The lowest BCUT2D eigenvalue weighted by molar-refractivity contribution is 0.622. The van der Waals surface area contributed by atoms with Crippen LogP contribution in [0.3, 0.4) is 0 Å². The van der Waals surface area contributed by atoms with Crippen LogP contribution in [0.5, 0.6) is 0 Å². The molecule has 0 bridgehead atoms. The summed E-state index contributed by atoms with van der Waals surface area (Å²) < 4.78 is 12.9. The molecule has 0 radical (unpaired) electrons. The Labute approximate surface area is 116 Å². The van der Waals surface area contributed by atoms with Crippen molar-refractivity contribution < 1.29 is 4.39 Å². The van der Waals surface area contributed by atoms with E-state index in [1.165, 1.54) is 17.7 Å². The summed E-state index contributed by atoms with van der Waals surface area (Å²) in [5.41, 5.74) is 2.43. The Bertz CT molecular complexity index is 478. The smallest absolute Gasteiger partial charge is 0.123 e. The third-order valence-corrected chi connectivity index (χ3v) is 4.38. The lowest BCUT2D eigenvalue weighted by atomic mass is 9.90. The molecule has 0 spiro atoms. The van der Waals surface area contributed by atoms with Crippen LogP contribution in [0.4, 0.5) is 4.39 Å². The molecule has 0 N–H and O–H groups in total. The van der Waals surface area contributed by atoms with Crippen molar-refractivity contribution in [2.75, 3.05) is 0 Å². The van der Waals surface area contributed by atoms with Crippen molar-refractivity contribution in [3.63, 3.8) is 0 Å². The number of rotatable bonds is 4. The van der Waals surface area contributed by atoms with Crippen LogP contribution in [-0.2, 0) is 0 Å². The molecule has 0 aliphatic carbocycles. The first-order valence-corrected chi connectivity index (χ1v) is 7.08. The summed E-state index contributed by atoms with van der Waals surface area (Å²) in [5, 5.41) is 0. The van der Waals surface area contributed by atoms with Gasteiger partial charge in [-0.05, 0) is 29.7 Å². The van der Waals surface area contributed by atoms with Crippen LogP contribution in [0, 0.1) is 5.82 Å². The van der Waals surface area contributed by atoms with Crippen LogP contribution in [0.2, 0.25) is 0 Å². The molecule has 0 saturated heterocycles. The van der Waals surface area contributed by atoms with Crippen LogP contribution in [0.1, 0.15) is 35.2 Å². The van der Waals surface area contributed by atoms with Gasteiger partial charge >= 0.3 is 0 Å². The first-order chi connectivity index (χ1) is 8.72. The molecule has 0 aromatic heterocycles. The topological polar surface area (TPSA) is 0 Å². The van der Waals surface area contributed by atoms with Crippen molar-refractivity contribution in [3.8, 4) is 0 Å². The van der Waals surface area contributed by atoms with Gasteiger partial charge in [0, 0.05) is 10.7 Å². The van der Waals surface area contributed by atoms with Crippen molar-refractivity contribution in [1.82, 2.24) is 0 Å². The van der Waals surface area contributed by atoms with E-state index in [4.69, 9.17) is 0 Å². The Morgan fingerprint density at radius 1 is 0.944 bits per heavy atom. The second-order valence-electron chi connectivity index (χ2n) is 4.38. The molecule has 18 heavy (non-hydrogen) atoms. The van der Waals surface area contributed by atoms with E-state index < -0.39 is 0 Å². The van der Waals surface area contributed by atoms with E-state index in [0.717, 1.165) is 12.0 Å². The van der Waals surface area contributed by atoms with E-state index in [9.17, 15) is 4.39 Å². The van der Waals surface area contributed by atoms with Gasteiger partial charge in [-0.15, -0.1) is 0 Å². The molecule has 2 rings (SSSR count). The molecule has 94 valence electrons. The molecule has 0 nitrogen and oxygen atoms in total. The standard InChI is InChI=1S/C16H16BrF/c1-2-15(12-6-4-3-5-7-12)16(17)13-8-10-14(18)11-9-13/h3-11,15-16H,2H2,1H3. The lowest BCUT2D eigenvalue weighted by Crippen LogP contribution is -2.05. The fourth-order valence-corrected chi connectivity index (χ4v) is 3.18. The molecule has 0 aliphatic heterocycles. The summed E-state index contributed by atoms with van der Waals surface area (Å²) in [6.45, 7) is 2.18. The average molecular weight is 307 g/mol. The largest absolute Gasteiger partial charge is 0.207 e. The van der Waals surface area contributed by atoms with Gasteiger partial charge in [0.05, 0.1) is 0 Å². The highest BCUT2D eigenvalue weighted by atomic mass is 79.9. The normalized spacial score (nSPS) is 14.2.